The summed E-state index contributed by atoms with van der Waals surface area (Å²) in [7, 11) is 3.40. The zero-order chi connectivity index (χ0) is 14.4. The van der Waals surface area contributed by atoms with Crippen molar-refractivity contribution in [3.05, 3.63) is 34.9 Å². The Balaban J connectivity index is 2.89. The van der Waals surface area contributed by atoms with Crippen LogP contribution >= 0.6 is 11.6 Å². The summed E-state index contributed by atoms with van der Waals surface area (Å²) < 4.78 is 5.07. The molecule has 0 radical (unpaired) electrons. The molecule has 0 aliphatic rings. The maximum atomic E-state index is 11.8. The van der Waals surface area contributed by atoms with Crippen LogP contribution in [0.4, 0.5) is 0 Å². The molecule has 0 bridgehead atoms. The van der Waals surface area contributed by atoms with Crippen LogP contribution in [0.3, 0.4) is 0 Å². The Morgan fingerprint density at radius 3 is 2.79 bits per heavy atom. The third-order valence-corrected chi connectivity index (χ3v) is 3.44. The molecule has 0 aliphatic heterocycles. The largest absolute Gasteiger partial charge is 0.383 e. The molecule has 0 spiro atoms. The normalized spacial score (nSPS) is 14.2. The van der Waals surface area contributed by atoms with E-state index < -0.39 is 6.04 Å². The van der Waals surface area contributed by atoms with Gasteiger partial charge in [-0.05, 0) is 31.7 Å². The first-order valence-corrected chi connectivity index (χ1v) is 6.35. The quantitative estimate of drug-likeness (QED) is 0.470. The molecule has 1 aromatic rings. The van der Waals surface area contributed by atoms with Crippen molar-refractivity contribution in [2.75, 3.05) is 20.8 Å². The summed E-state index contributed by atoms with van der Waals surface area (Å²) in [6.45, 7) is 2.27. The van der Waals surface area contributed by atoms with E-state index >= 15 is 0 Å². The molecule has 5 nitrogen and oxygen atoms in total. The summed E-state index contributed by atoms with van der Waals surface area (Å²) >= 11 is 5.98. The molecule has 1 aromatic carbocycles. The molecule has 106 valence electrons. The number of carbonyl (C=O) groups excluding carboxylic acids is 1. The Labute approximate surface area is 118 Å². The Hall–Kier alpha value is -1.14. The number of halogens is 1. The predicted molar refractivity (Wildman–Crippen MR) is 75.6 cm³/mol. The van der Waals surface area contributed by atoms with E-state index in [2.05, 4.69) is 5.43 Å². The standard InChI is InChI=1S/C13H20ClN3O2/c1-9(10-5-4-6-11(14)7-10)17(2)12(8-19-3)13(18)16-15/h4-7,9,12H,8,15H2,1-3H3,(H,16,18). The van der Waals surface area contributed by atoms with Crippen LogP contribution in [0.25, 0.3) is 0 Å². The van der Waals surface area contributed by atoms with Crippen molar-refractivity contribution in [2.24, 2.45) is 5.84 Å². The summed E-state index contributed by atoms with van der Waals surface area (Å²) in [6.07, 6.45) is 0. The summed E-state index contributed by atoms with van der Waals surface area (Å²) in [5.41, 5.74) is 3.19. The topological polar surface area (TPSA) is 67.6 Å². The summed E-state index contributed by atoms with van der Waals surface area (Å²) in [4.78, 5) is 13.7. The van der Waals surface area contributed by atoms with E-state index in [9.17, 15) is 4.79 Å². The second-order valence-corrected chi connectivity index (χ2v) is 4.81. The lowest BCUT2D eigenvalue weighted by molar-refractivity contribution is -0.128. The van der Waals surface area contributed by atoms with E-state index in [4.69, 9.17) is 22.2 Å². The van der Waals surface area contributed by atoms with Crippen molar-refractivity contribution in [1.29, 1.82) is 0 Å². The zero-order valence-electron chi connectivity index (χ0n) is 11.4. The highest BCUT2D eigenvalue weighted by Crippen LogP contribution is 2.23. The number of nitrogens with one attached hydrogen (secondary N) is 1. The summed E-state index contributed by atoms with van der Waals surface area (Å²) in [5, 5.41) is 0.671. The molecule has 6 heteroatoms. The number of ether oxygens (including phenoxy) is 1. The first kappa shape index (κ1) is 15.9. The van der Waals surface area contributed by atoms with E-state index in [-0.39, 0.29) is 18.6 Å². The van der Waals surface area contributed by atoms with Gasteiger partial charge in [0.1, 0.15) is 6.04 Å². The van der Waals surface area contributed by atoms with Crippen LogP contribution in [-0.2, 0) is 9.53 Å². The number of benzene rings is 1. The van der Waals surface area contributed by atoms with Crippen LogP contribution in [0.5, 0.6) is 0 Å². The number of nitrogens with zero attached hydrogens (tertiary/aromatic N) is 1. The Kier molecular flexibility index (Phi) is 6.24. The summed E-state index contributed by atoms with van der Waals surface area (Å²) in [6, 6.07) is 7.11. The van der Waals surface area contributed by atoms with Gasteiger partial charge in [-0.15, -0.1) is 0 Å². The van der Waals surface area contributed by atoms with Crippen LogP contribution in [-0.4, -0.2) is 37.6 Å². The van der Waals surface area contributed by atoms with Crippen molar-refractivity contribution in [3.63, 3.8) is 0 Å². The highest BCUT2D eigenvalue weighted by atomic mass is 35.5. The number of methoxy groups -OCH3 is 1. The van der Waals surface area contributed by atoms with Gasteiger partial charge in [-0.3, -0.25) is 15.1 Å². The number of hydrazine groups is 1. The molecule has 3 N–H and O–H groups in total. The Morgan fingerprint density at radius 1 is 1.58 bits per heavy atom. The zero-order valence-corrected chi connectivity index (χ0v) is 12.1. The molecule has 0 fully saturated rings. The van der Waals surface area contributed by atoms with Crippen LogP contribution < -0.4 is 11.3 Å². The van der Waals surface area contributed by atoms with E-state index in [1.165, 1.54) is 0 Å². The van der Waals surface area contributed by atoms with Gasteiger partial charge in [0.2, 0.25) is 0 Å². The number of amides is 1. The minimum absolute atomic E-state index is 0.0103. The van der Waals surface area contributed by atoms with Crippen molar-refractivity contribution in [2.45, 2.75) is 19.0 Å². The molecule has 0 saturated heterocycles. The number of hydrogen-bond donors (Lipinski definition) is 2. The molecule has 19 heavy (non-hydrogen) atoms. The minimum atomic E-state index is -0.455. The molecular formula is C13H20ClN3O2. The molecule has 0 aliphatic carbocycles. The molecule has 0 heterocycles. The van der Waals surface area contributed by atoms with Crippen LogP contribution in [0.15, 0.2) is 24.3 Å². The van der Waals surface area contributed by atoms with Gasteiger partial charge in [0.05, 0.1) is 6.61 Å². The number of hydrogen-bond acceptors (Lipinski definition) is 4. The second-order valence-electron chi connectivity index (χ2n) is 4.38. The molecular weight excluding hydrogens is 266 g/mol. The smallest absolute Gasteiger partial charge is 0.253 e. The average molecular weight is 286 g/mol. The molecule has 2 unspecified atom stereocenters. The number of rotatable bonds is 6. The van der Waals surface area contributed by atoms with E-state index in [0.29, 0.717) is 5.02 Å². The fourth-order valence-corrected chi connectivity index (χ4v) is 2.10. The molecule has 0 saturated carbocycles. The lowest BCUT2D eigenvalue weighted by Crippen LogP contribution is -2.50. The number of nitrogens with two attached hydrogens (primary N) is 1. The van der Waals surface area contributed by atoms with Gasteiger partial charge in [-0.2, -0.15) is 0 Å². The Morgan fingerprint density at radius 2 is 2.26 bits per heavy atom. The molecule has 2 atom stereocenters. The van der Waals surface area contributed by atoms with Gasteiger partial charge in [-0.1, -0.05) is 23.7 Å². The third kappa shape index (κ3) is 4.18. The van der Waals surface area contributed by atoms with Gasteiger partial charge < -0.3 is 4.74 Å². The monoisotopic (exact) mass is 285 g/mol. The Bertz CT molecular complexity index is 428. The predicted octanol–water partition coefficient (Wildman–Crippen LogP) is 1.34. The number of likely N-dealkylation sites (N-methyl/N-ethyl adjacent to an activating group) is 1. The second kappa shape index (κ2) is 7.45. The van der Waals surface area contributed by atoms with Crippen LogP contribution in [0.1, 0.15) is 18.5 Å². The highest BCUT2D eigenvalue weighted by Gasteiger charge is 2.26. The van der Waals surface area contributed by atoms with E-state index in [0.717, 1.165) is 5.56 Å². The van der Waals surface area contributed by atoms with Gasteiger partial charge in [0, 0.05) is 18.2 Å². The van der Waals surface area contributed by atoms with Gasteiger partial charge in [0.25, 0.3) is 5.91 Å². The molecule has 0 aromatic heterocycles. The fraction of sp³-hybridized carbons (Fsp3) is 0.462. The summed E-state index contributed by atoms with van der Waals surface area (Å²) in [5.74, 6) is 4.92. The lowest BCUT2D eigenvalue weighted by atomic mass is 10.1. The van der Waals surface area contributed by atoms with Gasteiger partial charge in [0.15, 0.2) is 0 Å². The van der Waals surface area contributed by atoms with Crippen molar-refractivity contribution >= 4 is 17.5 Å². The van der Waals surface area contributed by atoms with Crippen molar-refractivity contribution < 1.29 is 9.53 Å². The van der Waals surface area contributed by atoms with Gasteiger partial charge in [-0.25, -0.2) is 5.84 Å². The number of carbonyl (C=O) groups is 1. The third-order valence-electron chi connectivity index (χ3n) is 3.20. The average Bonchev–Trinajstić information content (AvgIpc) is 2.42. The maximum absolute atomic E-state index is 11.8. The van der Waals surface area contributed by atoms with Crippen LogP contribution in [0.2, 0.25) is 5.02 Å². The highest BCUT2D eigenvalue weighted by molar-refractivity contribution is 6.30. The van der Waals surface area contributed by atoms with Gasteiger partial charge >= 0.3 is 0 Å². The first-order chi connectivity index (χ1) is 9.01. The molecule has 1 amide bonds. The lowest BCUT2D eigenvalue weighted by Gasteiger charge is -2.31. The minimum Gasteiger partial charge on any atom is -0.383 e. The van der Waals surface area contributed by atoms with Crippen LogP contribution in [0, 0.1) is 0 Å². The maximum Gasteiger partial charge on any atom is 0.253 e. The first-order valence-electron chi connectivity index (χ1n) is 5.98. The molecule has 1 rings (SSSR count). The van der Waals surface area contributed by atoms with Crippen molar-refractivity contribution in [3.8, 4) is 0 Å². The fourth-order valence-electron chi connectivity index (χ4n) is 1.90. The van der Waals surface area contributed by atoms with E-state index in [1.54, 1.807) is 7.11 Å². The SMILES string of the molecule is COCC(C(=O)NN)N(C)C(C)c1cccc(Cl)c1. The van der Waals surface area contributed by atoms with Crippen molar-refractivity contribution in [1.82, 2.24) is 10.3 Å². The van der Waals surface area contributed by atoms with E-state index in [1.807, 2.05) is 43.1 Å².